The van der Waals surface area contributed by atoms with E-state index in [1.807, 2.05) is 47.8 Å². The fourth-order valence-electron chi connectivity index (χ4n) is 2.08. The molecule has 0 aliphatic rings. The first-order valence-corrected chi connectivity index (χ1v) is 8.04. The van der Waals surface area contributed by atoms with E-state index in [1.165, 1.54) is 0 Å². The highest BCUT2D eigenvalue weighted by Gasteiger charge is 2.05. The van der Waals surface area contributed by atoms with Gasteiger partial charge in [-0.2, -0.15) is 0 Å². The molecule has 1 aromatic carbocycles. The van der Waals surface area contributed by atoms with E-state index < -0.39 is 0 Å². The number of hydrogen-bond acceptors (Lipinski definition) is 5. The average molecular weight is 311 g/mol. The lowest BCUT2D eigenvalue weighted by molar-refractivity contribution is 0.312. The maximum absolute atomic E-state index is 5.84. The molecule has 0 aliphatic heterocycles. The summed E-state index contributed by atoms with van der Waals surface area (Å²) in [5.41, 5.74) is 8.37. The summed E-state index contributed by atoms with van der Waals surface area (Å²) in [6.45, 7) is 0.632. The first kappa shape index (κ1) is 14.5. The number of benzene rings is 1. The number of nitrogen functional groups attached to an aromatic ring is 1. The van der Waals surface area contributed by atoms with Gasteiger partial charge in [0.25, 0.3) is 0 Å². The van der Waals surface area contributed by atoms with Crippen LogP contribution in [0.5, 0.6) is 5.75 Å². The number of nitrogens with two attached hydrogens (primary N) is 1. The van der Waals surface area contributed by atoms with Gasteiger partial charge in [-0.25, -0.2) is 4.98 Å². The molecule has 0 saturated carbocycles. The van der Waals surface area contributed by atoms with Crippen LogP contribution in [0, 0.1) is 0 Å². The molecule has 0 saturated heterocycles. The molecule has 5 heteroatoms. The van der Waals surface area contributed by atoms with Crippen molar-refractivity contribution < 1.29 is 4.74 Å². The number of anilines is 1. The quantitative estimate of drug-likeness (QED) is 0.555. The summed E-state index contributed by atoms with van der Waals surface area (Å²) in [5, 5.41) is 3.15. The number of para-hydroxylation sites is 2. The lowest BCUT2D eigenvalue weighted by atomic mass is 10.3. The van der Waals surface area contributed by atoms with Gasteiger partial charge in [0, 0.05) is 18.0 Å². The van der Waals surface area contributed by atoms with Gasteiger partial charge >= 0.3 is 0 Å². The minimum Gasteiger partial charge on any atom is -0.491 e. The molecule has 0 amide bonds. The zero-order chi connectivity index (χ0) is 15.2. The van der Waals surface area contributed by atoms with Crippen LogP contribution in [0.2, 0.25) is 0 Å². The molecule has 3 aromatic rings. The van der Waals surface area contributed by atoms with Crippen molar-refractivity contribution in [1.29, 1.82) is 0 Å². The van der Waals surface area contributed by atoms with E-state index >= 15 is 0 Å². The Morgan fingerprint density at radius 3 is 2.73 bits per heavy atom. The van der Waals surface area contributed by atoms with Gasteiger partial charge in [-0.05, 0) is 30.7 Å². The number of pyridine rings is 1. The summed E-state index contributed by atoms with van der Waals surface area (Å²) < 4.78 is 5.69. The van der Waals surface area contributed by atoms with Crippen molar-refractivity contribution in [2.75, 3.05) is 12.3 Å². The fraction of sp³-hybridized carbons (Fsp3) is 0.176. The predicted octanol–water partition coefficient (Wildman–Crippen LogP) is 3.80. The molecule has 112 valence electrons. The zero-order valence-corrected chi connectivity index (χ0v) is 12.9. The fourth-order valence-corrected chi connectivity index (χ4v) is 2.91. The Morgan fingerprint density at radius 1 is 1.05 bits per heavy atom. The Labute approximate surface area is 133 Å². The molecular formula is C17H17N3OS. The number of aryl methyl sites for hydroxylation is 1. The molecule has 0 atom stereocenters. The summed E-state index contributed by atoms with van der Waals surface area (Å²) in [4.78, 5) is 8.93. The molecule has 4 nitrogen and oxygen atoms in total. The van der Waals surface area contributed by atoms with Crippen LogP contribution in [0.4, 0.5) is 5.69 Å². The van der Waals surface area contributed by atoms with Crippen LogP contribution >= 0.6 is 11.3 Å². The molecule has 0 unspecified atom stereocenters. The third kappa shape index (κ3) is 3.62. The molecule has 0 radical (unpaired) electrons. The summed E-state index contributed by atoms with van der Waals surface area (Å²) in [5.74, 6) is 0.746. The second-order valence-electron chi connectivity index (χ2n) is 4.83. The number of nitrogens with zero attached hydrogens (tertiary/aromatic N) is 2. The largest absolute Gasteiger partial charge is 0.491 e. The Hall–Kier alpha value is -2.40. The second kappa shape index (κ2) is 7.04. The number of hydrogen-bond donors (Lipinski definition) is 1. The lowest BCUT2D eigenvalue weighted by Crippen LogP contribution is -2.01. The molecule has 2 N–H and O–H groups in total. The molecule has 0 bridgehead atoms. The SMILES string of the molecule is Nc1ccccc1OCCCc1nc(-c2ccccn2)cs1. The highest BCUT2D eigenvalue weighted by molar-refractivity contribution is 7.09. The Bertz CT molecular complexity index is 728. The topological polar surface area (TPSA) is 61.0 Å². The van der Waals surface area contributed by atoms with E-state index in [0.29, 0.717) is 12.3 Å². The second-order valence-corrected chi connectivity index (χ2v) is 5.77. The monoisotopic (exact) mass is 311 g/mol. The van der Waals surface area contributed by atoms with Gasteiger partial charge in [0.2, 0.25) is 0 Å². The Balaban J connectivity index is 1.51. The Morgan fingerprint density at radius 2 is 1.91 bits per heavy atom. The van der Waals surface area contributed by atoms with E-state index in [-0.39, 0.29) is 0 Å². The van der Waals surface area contributed by atoms with Gasteiger partial charge < -0.3 is 10.5 Å². The smallest absolute Gasteiger partial charge is 0.142 e. The van der Waals surface area contributed by atoms with Gasteiger partial charge in [-0.15, -0.1) is 11.3 Å². The summed E-state index contributed by atoms with van der Waals surface area (Å²) in [6.07, 6.45) is 3.58. The van der Waals surface area contributed by atoms with Crippen molar-refractivity contribution in [3.8, 4) is 17.1 Å². The van der Waals surface area contributed by atoms with Crippen molar-refractivity contribution in [3.63, 3.8) is 0 Å². The summed E-state index contributed by atoms with van der Waals surface area (Å²) >= 11 is 1.66. The normalized spacial score (nSPS) is 10.5. The average Bonchev–Trinajstić information content (AvgIpc) is 3.03. The molecule has 22 heavy (non-hydrogen) atoms. The van der Waals surface area contributed by atoms with Crippen molar-refractivity contribution in [2.45, 2.75) is 12.8 Å². The lowest BCUT2D eigenvalue weighted by Gasteiger charge is -2.07. The molecule has 0 aliphatic carbocycles. The van der Waals surface area contributed by atoms with E-state index in [9.17, 15) is 0 Å². The molecule has 3 rings (SSSR count). The maximum Gasteiger partial charge on any atom is 0.142 e. The van der Waals surface area contributed by atoms with Gasteiger partial charge in [0.1, 0.15) is 5.75 Å². The summed E-state index contributed by atoms with van der Waals surface area (Å²) in [6, 6.07) is 13.4. The number of aromatic nitrogens is 2. The highest BCUT2D eigenvalue weighted by atomic mass is 32.1. The van der Waals surface area contributed by atoms with Crippen LogP contribution < -0.4 is 10.5 Å². The molecular weight excluding hydrogens is 294 g/mol. The van der Waals surface area contributed by atoms with Crippen LogP contribution in [0.15, 0.2) is 54.0 Å². The first-order chi connectivity index (χ1) is 10.8. The van der Waals surface area contributed by atoms with Crippen LogP contribution in [0.1, 0.15) is 11.4 Å². The molecule has 0 fully saturated rings. The molecule has 2 heterocycles. The van der Waals surface area contributed by atoms with Crippen molar-refractivity contribution >= 4 is 17.0 Å². The van der Waals surface area contributed by atoms with E-state index in [2.05, 4.69) is 9.97 Å². The van der Waals surface area contributed by atoms with Crippen LogP contribution in [-0.4, -0.2) is 16.6 Å². The standard InChI is InChI=1S/C17H17N3OS/c18-13-6-1-2-8-16(13)21-11-5-9-17-20-15(12-22-17)14-7-3-4-10-19-14/h1-4,6-8,10,12H,5,9,11,18H2. The number of thiazole rings is 1. The number of rotatable bonds is 6. The van der Waals surface area contributed by atoms with Gasteiger partial charge in [0.15, 0.2) is 0 Å². The van der Waals surface area contributed by atoms with E-state index in [4.69, 9.17) is 10.5 Å². The molecule has 0 spiro atoms. The first-order valence-electron chi connectivity index (χ1n) is 7.16. The zero-order valence-electron chi connectivity index (χ0n) is 12.1. The van der Waals surface area contributed by atoms with Gasteiger partial charge in [-0.3, -0.25) is 4.98 Å². The minimum absolute atomic E-state index is 0.632. The minimum atomic E-state index is 0.632. The van der Waals surface area contributed by atoms with Gasteiger partial charge in [-0.1, -0.05) is 18.2 Å². The van der Waals surface area contributed by atoms with Crippen LogP contribution in [0.3, 0.4) is 0 Å². The predicted molar refractivity (Wildman–Crippen MR) is 90.0 cm³/mol. The van der Waals surface area contributed by atoms with Crippen LogP contribution in [0.25, 0.3) is 11.4 Å². The summed E-state index contributed by atoms with van der Waals surface area (Å²) in [7, 11) is 0. The highest BCUT2D eigenvalue weighted by Crippen LogP contribution is 2.22. The maximum atomic E-state index is 5.84. The molecule has 2 aromatic heterocycles. The van der Waals surface area contributed by atoms with Crippen LogP contribution in [-0.2, 0) is 6.42 Å². The Kier molecular flexibility index (Phi) is 4.65. The van der Waals surface area contributed by atoms with E-state index in [0.717, 1.165) is 35.0 Å². The van der Waals surface area contributed by atoms with Crippen molar-refractivity contribution in [2.24, 2.45) is 0 Å². The van der Waals surface area contributed by atoms with Crippen molar-refractivity contribution in [1.82, 2.24) is 9.97 Å². The van der Waals surface area contributed by atoms with E-state index in [1.54, 1.807) is 17.5 Å². The number of ether oxygens (including phenoxy) is 1. The van der Waals surface area contributed by atoms with Crippen molar-refractivity contribution in [3.05, 3.63) is 59.0 Å². The van der Waals surface area contributed by atoms with Gasteiger partial charge in [0.05, 0.1) is 28.7 Å². The third-order valence-electron chi connectivity index (χ3n) is 3.19. The third-order valence-corrected chi connectivity index (χ3v) is 4.10.